The van der Waals surface area contributed by atoms with Crippen LogP contribution in [0.4, 0.5) is 17.6 Å². The molecule has 3 rings (SSSR count). The summed E-state index contributed by atoms with van der Waals surface area (Å²) in [5.74, 6) is -1.69. The van der Waals surface area contributed by atoms with Crippen LogP contribution in [-0.4, -0.2) is 20.9 Å². The van der Waals surface area contributed by atoms with Gasteiger partial charge in [-0.25, -0.2) is 9.07 Å². The van der Waals surface area contributed by atoms with Crippen LogP contribution in [0.2, 0.25) is 5.02 Å². The first-order chi connectivity index (χ1) is 13.2. The number of hydrogen-bond donors (Lipinski definition) is 1. The molecule has 0 aliphatic carbocycles. The number of aromatic nitrogens is 3. The number of rotatable bonds is 5. The zero-order valence-electron chi connectivity index (χ0n) is 14.2. The van der Waals surface area contributed by atoms with Crippen LogP contribution in [0, 0.1) is 5.82 Å². The molecule has 0 unspecified atom stereocenters. The van der Waals surface area contributed by atoms with Crippen LogP contribution >= 0.6 is 11.6 Å². The van der Waals surface area contributed by atoms with Crippen molar-refractivity contribution in [1.29, 1.82) is 0 Å². The van der Waals surface area contributed by atoms with Crippen molar-refractivity contribution in [3.63, 3.8) is 0 Å². The standard InChI is InChI=1S/C18H13ClF4N4O/c19-14-4-2-1-3-12(14)9-27-10-16(25-26-27)17(28)24-8-11-5-6-13(7-15(11)20)18(21,22)23/h1-7,10H,8-9H2,(H,24,28). The van der Waals surface area contributed by atoms with E-state index >= 15 is 0 Å². The molecule has 0 saturated carbocycles. The number of alkyl halides is 3. The summed E-state index contributed by atoms with van der Waals surface area (Å²) in [6, 6.07) is 9.24. The maximum atomic E-state index is 13.8. The second-order valence-electron chi connectivity index (χ2n) is 5.88. The summed E-state index contributed by atoms with van der Waals surface area (Å²) < 4.78 is 52.9. The molecule has 28 heavy (non-hydrogen) atoms. The van der Waals surface area contributed by atoms with Gasteiger partial charge in [0, 0.05) is 17.1 Å². The largest absolute Gasteiger partial charge is 0.416 e. The number of carbonyl (C=O) groups is 1. The van der Waals surface area contributed by atoms with E-state index in [4.69, 9.17) is 11.6 Å². The molecule has 1 heterocycles. The van der Waals surface area contributed by atoms with Crippen molar-refractivity contribution in [1.82, 2.24) is 20.3 Å². The predicted octanol–water partition coefficient (Wildman–Crippen LogP) is 4.07. The number of carbonyl (C=O) groups excluding carboxylic acids is 1. The summed E-state index contributed by atoms with van der Waals surface area (Å²) in [5, 5.41) is 10.5. The van der Waals surface area contributed by atoms with Crippen LogP contribution in [0.1, 0.15) is 27.2 Å². The van der Waals surface area contributed by atoms with Crippen LogP contribution in [0.3, 0.4) is 0 Å². The highest BCUT2D eigenvalue weighted by atomic mass is 35.5. The van der Waals surface area contributed by atoms with E-state index in [0.29, 0.717) is 17.6 Å². The molecule has 1 N–H and O–H groups in total. The number of amides is 1. The smallest absolute Gasteiger partial charge is 0.346 e. The quantitative estimate of drug-likeness (QED) is 0.643. The van der Waals surface area contributed by atoms with Gasteiger partial charge >= 0.3 is 6.18 Å². The van der Waals surface area contributed by atoms with Crippen molar-refractivity contribution in [3.05, 3.63) is 81.9 Å². The lowest BCUT2D eigenvalue weighted by atomic mass is 10.1. The first-order valence-electron chi connectivity index (χ1n) is 8.01. The van der Waals surface area contributed by atoms with Crippen molar-refractivity contribution in [3.8, 4) is 0 Å². The maximum Gasteiger partial charge on any atom is 0.416 e. The topological polar surface area (TPSA) is 59.8 Å². The Morgan fingerprint density at radius 2 is 1.89 bits per heavy atom. The molecule has 0 radical (unpaired) electrons. The zero-order valence-corrected chi connectivity index (χ0v) is 14.9. The molecule has 0 saturated heterocycles. The van der Waals surface area contributed by atoms with E-state index in [2.05, 4.69) is 15.6 Å². The van der Waals surface area contributed by atoms with E-state index in [1.165, 1.54) is 10.9 Å². The lowest BCUT2D eigenvalue weighted by molar-refractivity contribution is -0.137. The number of benzene rings is 2. The molecule has 0 atom stereocenters. The van der Waals surface area contributed by atoms with E-state index in [1.54, 1.807) is 18.2 Å². The Bertz CT molecular complexity index is 1000. The van der Waals surface area contributed by atoms with Gasteiger partial charge in [0.25, 0.3) is 5.91 Å². The highest BCUT2D eigenvalue weighted by molar-refractivity contribution is 6.31. The molecule has 2 aromatic carbocycles. The van der Waals surface area contributed by atoms with Gasteiger partial charge in [-0.15, -0.1) is 5.10 Å². The van der Waals surface area contributed by atoms with Crippen molar-refractivity contribution < 1.29 is 22.4 Å². The predicted molar refractivity (Wildman–Crippen MR) is 93.1 cm³/mol. The Hall–Kier alpha value is -2.94. The van der Waals surface area contributed by atoms with Gasteiger partial charge in [0.2, 0.25) is 0 Å². The summed E-state index contributed by atoms with van der Waals surface area (Å²) in [5.41, 5.74) is -0.403. The average Bonchev–Trinajstić information content (AvgIpc) is 3.10. The van der Waals surface area contributed by atoms with Crippen molar-refractivity contribution in [2.75, 3.05) is 0 Å². The fourth-order valence-electron chi connectivity index (χ4n) is 2.41. The molecule has 1 amide bonds. The molecule has 0 bridgehead atoms. The van der Waals surface area contributed by atoms with E-state index in [9.17, 15) is 22.4 Å². The molecular formula is C18H13ClF4N4O. The van der Waals surface area contributed by atoms with Crippen molar-refractivity contribution in [2.45, 2.75) is 19.3 Å². The summed E-state index contributed by atoms with van der Waals surface area (Å²) in [6.45, 7) is 0.00760. The van der Waals surface area contributed by atoms with E-state index in [1.807, 2.05) is 6.07 Å². The van der Waals surface area contributed by atoms with Crippen LogP contribution in [0.15, 0.2) is 48.7 Å². The molecule has 0 fully saturated rings. The van der Waals surface area contributed by atoms with Crippen molar-refractivity contribution >= 4 is 17.5 Å². The molecule has 0 spiro atoms. The average molecular weight is 413 g/mol. The van der Waals surface area contributed by atoms with Gasteiger partial charge in [0.1, 0.15) is 5.82 Å². The molecule has 3 aromatic rings. The van der Waals surface area contributed by atoms with Gasteiger partial charge in [-0.2, -0.15) is 13.2 Å². The highest BCUT2D eigenvalue weighted by Gasteiger charge is 2.31. The maximum absolute atomic E-state index is 13.8. The number of nitrogens with zero attached hydrogens (tertiary/aromatic N) is 3. The molecule has 5 nitrogen and oxygen atoms in total. The SMILES string of the molecule is O=C(NCc1ccc(C(F)(F)F)cc1F)c1cn(Cc2ccccc2Cl)nn1. The minimum Gasteiger partial charge on any atom is -0.346 e. The Labute approximate surface area is 161 Å². The molecule has 10 heteroatoms. The highest BCUT2D eigenvalue weighted by Crippen LogP contribution is 2.30. The fourth-order valence-corrected chi connectivity index (χ4v) is 2.61. The van der Waals surface area contributed by atoms with Gasteiger partial charge in [0.15, 0.2) is 5.69 Å². The molecule has 146 valence electrons. The van der Waals surface area contributed by atoms with Crippen LogP contribution in [0.25, 0.3) is 0 Å². The number of halogens is 5. The van der Waals surface area contributed by atoms with Gasteiger partial charge in [-0.3, -0.25) is 4.79 Å². The monoisotopic (exact) mass is 412 g/mol. The third-order valence-electron chi connectivity index (χ3n) is 3.88. The van der Waals surface area contributed by atoms with E-state index < -0.39 is 23.5 Å². The molecule has 1 aromatic heterocycles. The fraction of sp³-hybridized carbons (Fsp3) is 0.167. The first kappa shape index (κ1) is 19.8. The normalized spacial score (nSPS) is 11.5. The molecule has 0 aliphatic heterocycles. The number of nitrogens with one attached hydrogen (secondary N) is 1. The minimum absolute atomic E-state index is 0.0145. The second-order valence-corrected chi connectivity index (χ2v) is 6.29. The van der Waals surface area contributed by atoms with Crippen LogP contribution in [-0.2, 0) is 19.3 Å². The molecular weight excluding hydrogens is 400 g/mol. The second kappa shape index (κ2) is 7.97. The van der Waals surface area contributed by atoms with Crippen molar-refractivity contribution in [2.24, 2.45) is 0 Å². The van der Waals surface area contributed by atoms with Crippen LogP contribution in [0.5, 0.6) is 0 Å². The van der Waals surface area contributed by atoms with Gasteiger partial charge < -0.3 is 5.32 Å². The lowest BCUT2D eigenvalue weighted by Crippen LogP contribution is -2.24. The lowest BCUT2D eigenvalue weighted by Gasteiger charge is -2.09. The summed E-state index contributed by atoms with van der Waals surface area (Å²) >= 11 is 6.07. The Balaban J connectivity index is 1.63. The summed E-state index contributed by atoms with van der Waals surface area (Å²) in [7, 11) is 0. The van der Waals surface area contributed by atoms with Crippen LogP contribution < -0.4 is 5.32 Å². The third-order valence-corrected chi connectivity index (χ3v) is 4.25. The number of hydrogen-bond acceptors (Lipinski definition) is 3. The van der Waals surface area contributed by atoms with E-state index in [-0.39, 0.29) is 17.8 Å². The van der Waals surface area contributed by atoms with Gasteiger partial charge in [-0.05, 0) is 23.8 Å². The Kier molecular flexibility index (Phi) is 5.64. The first-order valence-corrected chi connectivity index (χ1v) is 8.39. The van der Waals surface area contributed by atoms with Gasteiger partial charge in [0.05, 0.1) is 18.3 Å². The summed E-state index contributed by atoms with van der Waals surface area (Å²) in [4.78, 5) is 12.1. The molecule has 0 aliphatic rings. The van der Waals surface area contributed by atoms with E-state index in [0.717, 1.165) is 17.7 Å². The Morgan fingerprint density at radius 3 is 2.57 bits per heavy atom. The Morgan fingerprint density at radius 1 is 1.14 bits per heavy atom. The zero-order chi connectivity index (χ0) is 20.3. The third kappa shape index (κ3) is 4.66. The minimum atomic E-state index is -4.64. The van der Waals surface area contributed by atoms with Gasteiger partial charge in [-0.1, -0.05) is 41.1 Å². The summed E-state index contributed by atoms with van der Waals surface area (Å²) in [6.07, 6.45) is -3.25.